The highest BCUT2D eigenvalue weighted by atomic mass is 35.5. The second kappa shape index (κ2) is 8.02. The van der Waals surface area contributed by atoms with Gasteiger partial charge in [-0.15, -0.1) is 0 Å². The molecule has 1 heterocycles. The van der Waals surface area contributed by atoms with Gasteiger partial charge in [0, 0.05) is 30.8 Å². The van der Waals surface area contributed by atoms with Crippen molar-refractivity contribution in [2.45, 2.75) is 45.1 Å². The van der Waals surface area contributed by atoms with Gasteiger partial charge < -0.3 is 10.1 Å². The molecular formula is C17H26ClNO. The molecule has 1 N–H and O–H groups in total. The number of hydrogen-bond donors (Lipinski definition) is 1. The quantitative estimate of drug-likeness (QED) is 0.847. The lowest BCUT2D eigenvalue weighted by Gasteiger charge is -2.28. The minimum absolute atomic E-state index is 0.520. The minimum atomic E-state index is 0.520. The van der Waals surface area contributed by atoms with Gasteiger partial charge in [0.1, 0.15) is 0 Å². The van der Waals surface area contributed by atoms with Crippen LogP contribution in [0.5, 0.6) is 0 Å². The standard InChI is InChI=1S/C17H26ClNO/c1-13(2)19-12-16(10-14-6-8-20-9-7-14)15-4-3-5-17(18)11-15/h3-5,11,13-14,16,19H,6-10,12H2,1-2H3. The van der Waals surface area contributed by atoms with Crippen molar-refractivity contribution in [3.63, 3.8) is 0 Å². The lowest BCUT2D eigenvalue weighted by Crippen LogP contribution is -2.30. The molecule has 1 aromatic carbocycles. The van der Waals surface area contributed by atoms with Crippen LogP contribution in [-0.4, -0.2) is 25.8 Å². The lowest BCUT2D eigenvalue weighted by atomic mass is 9.85. The van der Waals surface area contributed by atoms with Crippen LogP contribution in [0.25, 0.3) is 0 Å². The molecule has 0 spiro atoms. The Morgan fingerprint density at radius 2 is 2.05 bits per heavy atom. The zero-order chi connectivity index (χ0) is 14.4. The number of benzene rings is 1. The fourth-order valence-electron chi connectivity index (χ4n) is 2.86. The van der Waals surface area contributed by atoms with Crippen molar-refractivity contribution in [1.82, 2.24) is 5.32 Å². The number of hydrogen-bond acceptors (Lipinski definition) is 2. The molecule has 1 aliphatic rings. The van der Waals surface area contributed by atoms with E-state index in [1.165, 1.54) is 24.8 Å². The summed E-state index contributed by atoms with van der Waals surface area (Å²) in [6, 6.07) is 8.86. The summed E-state index contributed by atoms with van der Waals surface area (Å²) in [6.07, 6.45) is 3.61. The summed E-state index contributed by atoms with van der Waals surface area (Å²) in [5.74, 6) is 1.32. The number of ether oxygens (including phenoxy) is 1. The van der Waals surface area contributed by atoms with E-state index < -0.39 is 0 Å². The van der Waals surface area contributed by atoms with Gasteiger partial charge in [0.15, 0.2) is 0 Å². The molecular weight excluding hydrogens is 270 g/mol. The highest BCUT2D eigenvalue weighted by molar-refractivity contribution is 6.30. The van der Waals surface area contributed by atoms with Gasteiger partial charge >= 0.3 is 0 Å². The Morgan fingerprint density at radius 3 is 2.70 bits per heavy atom. The Hall–Kier alpha value is -0.570. The number of halogens is 1. The SMILES string of the molecule is CC(C)NCC(CC1CCOCC1)c1cccc(Cl)c1. The van der Waals surface area contributed by atoms with Crippen LogP contribution in [0.2, 0.25) is 5.02 Å². The maximum absolute atomic E-state index is 6.15. The predicted octanol–water partition coefficient (Wildman–Crippen LogP) is 4.24. The summed E-state index contributed by atoms with van der Waals surface area (Å²) < 4.78 is 5.47. The van der Waals surface area contributed by atoms with Crippen LogP contribution >= 0.6 is 11.6 Å². The van der Waals surface area contributed by atoms with Crippen LogP contribution < -0.4 is 5.32 Å². The van der Waals surface area contributed by atoms with Crippen molar-refractivity contribution in [3.05, 3.63) is 34.9 Å². The Morgan fingerprint density at radius 1 is 1.30 bits per heavy atom. The van der Waals surface area contributed by atoms with E-state index in [1.807, 2.05) is 6.07 Å². The Labute approximate surface area is 127 Å². The van der Waals surface area contributed by atoms with Crippen LogP contribution in [-0.2, 0) is 4.74 Å². The third kappa shape index (κ3) is 5.08. The second-order valence-corrected chi connectivity index (χ2v) is 6.54. The highest BCUT2D eigenvalue weighted by Crippen LogP contribution is 2.30. The van der Waals surface area contributed by atoms with Crippen LogP contribution in [0.15, 0.2) is 24.3 Å². The molecule has 1 saturated heterocycles. The Kier molecular flexibility index (Phi) is 6.34. The van der Waals surface area contributed by atoms with E-state index in [-0.39, 0.29) is 0 Å². The van der Waals surface area contributed by atoms with Crippen molar-refractivity contribution in [2.24, 2.45) is 5.92 Å². The van der Waals surface area contributed by atoms with Gasteiger partial charge in [-0.05, 0) is 48.8 Å². The van der Waals surface area contributed by atoms with Crippen molar-refractivity contribution >= 4 is 11.6 Å². The zero-order valence-corrected chi connectivity index (χ0v) is 13.3. The smallest absolute Gasteiger partial charge is 0.0468 e. The van der Waals surface area contributed by atoms with E-state index >= 15 is 0 Å². The van der Waals surface area contributed by atoms with Gasteiger partial charge in [0.2, 0.25) is 0 Å². The summed E-state index contributed by atoms with van der Waals surface area (Å²) in [5, 5.41) is 4.42. The van der Waals surface area contributed by atoms with Crippen molar-refractivity contribution < 1.29 is 4.74 Å². The molecule has 0 saturated carbocycles. The molecule has 1 fully saturated rings. The first-order chi connectivity index (χ1) is 9.65. The van der Waals surface area contributed by atoms with Crippen LogP contribution in [0.1, 0.15) is 44.6 Å². The largest absolute Gasteiger partial charge is 0.381 e. The third-order valence-corrected chi connectivity index (χ3v) is 4.29. The summed E-state index contributed by atoms with van der Waals surface area (Å²) in [6.45, 7) is 7.26. The first-order valence-electron chi connectivity index (χ1n) is 7.71. The molecule has 2 nitrogen and oxygen atoms in total. The van der Waals surface area contributed by atoms with E-state index in [4.69, 9.17) is 16.3 Å². The molecule has 0 bridgehead atoms. The normalized spacial score (nSPS) is 18.4. The van der Waals surface area contributed by atoms with Crippen molar-refractivity contribution in [1.29, 1.82) is 0 Å². The van der Waals surface area contributed by atoms with Crippen molar-refractivity contribution in [2.75, 3.05) is 19.8 Å². The third-order valence-electron chi connectivity index (χ3n) is 4.05. The molecule has 1 aliphatic heterocycles. The fraction of sp³-hybridized carbons (Fsp3) is 0.647. The first-order valence-corrected chi connectivity index (χ1v) is 8.09. The van der Waals surface area contributed by atoms with Crippen LogP contribution in [0.4, 0.5) is 0 Å². The Balaban J connectivity index is 2.02. The highest BCUT2D eigenvalue weighted by Gasteiger charge is 2.21. The predicted molar refractivity (Wildman–Crippen MR) is 85.5 cm³/mol. The minimum Gasteiger partial charge on any atom is -0.381 e. The van der Waals surface area contributed by atoms with E-state index in [2.05, 4.69) is 37.4 Å². The first kappa shape index (κ1) is 15.8. The fourth-order valence-corrected chi connectivity index (χ4v) is 3.06. The number of rotatable bonds is 6. The van der Waals surface area contributed by atoms with E-state index in [1.54, 1.807) is 0 Å². The molecule has 112 valence electrons. The van der Waals surface area contributed by atoms with Gasteiger partial charge in [-0.3, -0.25) is 0 Å². The molecule has 2 rings (SSSR count). The molecule has 1 atom stereocenters. The van der Waals surface area contributed by atoms with Gasteiger partial charge in [0.25, 0.3) is 0 Å². The lowest BCUT2D eigenvalue weighted by molar-refractivity contribution is 0.0616. The summed E-state index contributed by atoms with van der Waals surface area (Å²) in [5.41, 5.74) is 1.36. The average molecular weight is 296 g/mol. The maximum atomic E-state index is 6.15. The van der Waals surface area contributed by atoms with E-state index in [9.17, 15) is 0 Å². The molecule has 0 amide bonds. The second-order valence-electron chi connectivity index (χ2n) is 6.11. The summed E-state index contributed by atoms with van der Waals surface area (Å²) in [7, 11) is 0. The van der Waals surface area contributed by atoms with Gasteiger partial charge in [0.05, 0.1) is 0 Å². The molecule has 1 aromatic rings. The van der Waals surface area contributed by atoms with Gasteiger partial charge in [-0.2, -0.15) is 0 Å². The molecule has 0 aliphatic carbocycles. The van der Waals surface area contributed by atoms with Gasteiger partial charge in [-0.25, -0.2) is 0 Å². The molecule has 0 radical (unpaired) electrons. The maximum Gasteiger partial charge on any atom is 0.0468 e. The molecule has 1 unspecified atom stereocenters. The average Bonchev–Trinajstić information content (AvgIpc) is 2.44. The van der Waals surface area contributed by atoms with Crippen LogP contribution in [0.3, 0.4) is 0 Å². The number of nitrogens with one attached hydrogen (secondary N) is 1. The Bertz CT molecular complexity index is 402. The summed E-state index contributed by atoms with van der Waals surface area (Å²) in [4.78, 5) is 0. The summed E-state index contributed by atoms with van der Waals surface area (Å²) >= 11 is 6.15. The molecule has 20 heavy (non-hydrogen) atoms. The van der Waals surface area contributed by atoms with Crippen molar-refractivity contribution in [3.8, 4) is 0 Å². The molecule has 0 aromatic heterocycles. The zero-order valence-electron chi connectivity index (χ0n) is 12.6. The van der Waals surface area contributed by atoms with Crippen LogP contribution in [0, 0.1) is 5.92 Å². The van der Waals surface area contributed by atoms with Gasteiger partial charge in [-0.1, -0.05) is 37.6 Å². The van der Waals surface area contributed by atoms with E-state index in [0.29, 0.717) is 12.0 Å². The van der Waals surface area contributed by atoms with E-state index in [0.717, 1.165) is 30.7 Å². The molecule has 3 heteroatoms. The monoisotopic (exact) mass is 295 g/mol. The topological polar surface area (TPSA) is 21.3 Å².